The Labute approximate surface area is 168 Å². The molecule has 1 aromatic carbocycles. The Balaban J connectivity index is 1.60. The van der Waals surface area contributed by atoms with Crippen molar-refractivity contribution < 1.29 is 18.0 Å². The van der Waals surface area contributed by atoms with Gasteiger partial charge in [-0.25, -0.2) is 0 Å². The van der Waals surface area contributed by atoms with Crippen LogP contribution in [0.5, 0.6) is 0 Å². The van der Waals surface area contributed by atoms with Gasteiger partial charge in [-0.3, -0.25) is 9.78 Å². The molecule has 3 rings (SSSR count). The monoisotopic (exact) mass is 406 g/mol. The first-order chi connectivity index (χ1) is 13.7. The quantitative estimate of drug-likeness (QED) is 0.775. The van der Waals surface area contributed by atoms with Gasteiger partial charge >= 0.3 is 6.18 Å². The van der Waals surface area contributed by atoms with E-state index in [2.05, 4.69) is 20.5 Å². The van der Waals surface area contributed by atoms with Gasteiger partial charge in [0.1, 0.15) is 5.69 Å². The highest BCUT2D eigenvalue weighted by molar-refractivity contribution is 5.80. The maximum atomic E-state index is 12.7. The topological polar surface area (TPSA) is 57.3 Å². The summed E-state index contributed by atoms with van der Waals surface area (Å²) >= 11 is 0. The van der Waals surface area contributed by atoms with Crippen LogP contribution in [0.1, 0.15) is 28.3 Å². The van der Waals surface area contributed by atoms with Gasteiger partial charge < -0.3 is 15.5 Å². The van der Waals surface area contributed by atoms with Crippen molar-refractivity contribution in [3.05, 3.63) is 65.0 Å². The summed E-state index contributed by atoms with van der Waals surface area (Å²) in [6.45, 7) is 2.28. The second-order valence-electron chi connectivity index (χ2n) is 7.62. The van der Waals surface area contributed by atoms with Crippen molar-refractivity contribution in [3.63, 3.8) is 0 Å². The molecule has 0 unspecified atom stereocenters. The molecule has 2 atom stereocenters. The zero-order valence-corrected chi connectivity index (χ0v) is 16.5. The van der Waals surface area contributed by atoms with Gasteiger partial charge in [-0.1, -0.05) is 30.3 Å². The number of aromatic nitrogens is 1. The normalized spacial score (nSPS) is 19.5. The van der Waals surface area contributed by atoms with Crippen molar-refractivity contribution in [2.45, 2.75) is 25.2 Å². The van der Waals surface area contributed by atoms with Gasteiger partial charge in [-0.2, -0.15) is 13.2 Å². The van der Waals surface area contributed by atoms with Gasteiger partial charge in [0, 0.05) is 38.3 Å². The summed E-state index contributed by atoms with van der Waals surface area (Å²) < 4.78 is 38.1. The van der Waals surface area contributed by atoms with E-state index < -0.39 is 11.9 Å². The summed E-state index contributed by atoms with van der Waals surface area (Å²) in [7, 11) is 4.01. The molecule has 1 aliphatic rings. The van der Waals surface area contributed by atoms with Crippen molar-refractivity contribution in [1.29, 1.82) is 0 Å². The van der Waals surface area contributed by atoms with Gasteiger partial charge in [-0.15, -0.1) is 0 Å². The van der Waals surface area contributed by atoms with Crippen LogP contribution in [0.2, 0.25) is 0 Å². The molecule has 1 fully saturated rings. The highest BCUT2D eigenvalue weighted by Crippen LogP contribution is 2.31. The van der Waals surface area contributed by atoms with Crippen LogP contribution < -0.4 is 10.6 Å². The van der Waals surface area contributed by atoms with Crippen molar-refractivity contribution in [2.75, 3.05) is 27.2 Å². The highest BCUT2D eigenvalue weighted by Gasteiger charge is 2.36. The lowest BCUT2D eigenvalue weighted by molar-refractivity contribution is -0.141. The standard InChI is InChI=1S/C21H25F3N4O/c1-28(2)13-15-5-3-14(4-6-15)9-27-20(29)18-12-25-11-17(18)16-7-8-19(26-10-16)21(22,23)24/h3-8,10,17-18,25H,9,11-13H2,1-2H3,(H,27,29)/t17-,18+/m1/s1. The first kappa shape index (κ1) is 21.3. The number of nitrogens with zero attached hydrogens (tertiary/aromatic N) is 2. The fourth-order valence-corrected chi connectivity index (χ4v) is 3.54. The Morgan fingerprint density at radius 3 is 2.41 bits per heavy atom. The molecule has 2 aromatic rings. The first-order valence-electron chi connectivity index (χ1n) is 9.48. The number of alkyl halides is 3. The molecular formula is C21H25F3N4O. The zero-order valence-electron chi connectivity index (χ0n) is 16.5. The largest absolute Gasteiger partial charge is 0.433 e. The fourth-order valence-electron chi connectivity index (χ4n) is 3.54. The Kier molecular flexibility index (Phi) is 6.54. The third-order valence-electron chi connectivity index (χ3n) is 5.04. The van der Waals surface area contributed by atoms with Crippen LogP contribution in [0, 0.1) is 5.92 Å². The molecule has 0 saturated carbocycles. The van der Waals surface area contributed by atoms with Crippen molar-refractivity contribution in [3.8, 4) is 0 Å². The van der Waals surface area contributed by atoms with Crippen molar-refractivity contribution in [1.82, 2.24) is 20.5 Å². The van der Waals surface area contributed by atoms with Gasteiger partial charge in [0.15, 0.2) is 0 Å². The SMILES string of the molecule is CN(C)Cc1ccc(CNC(=O)[C@H]2CNC[C@@H]2c2ccc(C(F)(F)F)nc2)cc1. The lowest BCUT2D eigenvalue weighted by Crippen LogP contribution is -2.34. The number of nitrogens with one attached hydrogen (secondary N) is 2. The molecule has 1 saturated heterocycles. The molecule has 0 radical (unpaired) electrons. The number of amides is 1. The van der Waals surface area contributed by atoms with Gasteiger partial charge in [0.05, 0.1) is 5.92 Å². The van der Waals surface area contributed by atoms with E-state index in [1.165, 1.54) is 17.8 Å². The molecule has 2 heterocycles. The minimum absolute atomic E-state index is 0.114. The fraction of sp³-hybridized carbons (Fsp3) is 0.429. The molecular weight excluding hydrogens is 381 g/mol. The summed E-state index contributed by atoms with van der Waals surface area (Å²) in [5.41, 5.74) is 1.90. The van der Waals surface area contributed by atoms with Crippen LogP contribution in [0.15, 0.2) is 42.6 Å². The van der Waals surface area contributed by atoms with E-state index in [0.717, 1.165) is 18.2 Å². The minimum Gasteiger partial charge on any atom is -0.352 e. The van der Waals surface area contributed by atoms with Gasteiger partial charge in [0.2, 0.25) is 5.91 Å². The number of carbonyl (C=O) groups excluding carboxylic acids is 1. The maximum Gasteiger partial charge on any atom is 0.433 e. The molecule has 0 aliphatic carbocycles. The van der Waals surface area contributed by atoms with Crippen LogP contribution >= 0.6 is 0 Å². The third-order valence-corrected chi connectivity index (χ3v) is 5.04. The molecule has 1 amide bonds. The molecule has 156 valence electrons. The van der Waals surface area contributed by atoms with E-state index in [1.54, 1.807) is 0 Å². The molecule has 0 bridgehead atoms. The van der Waals surface area contributed by atoms with Crippen molar-refractivity contribution in [2.24, 2.45) is 5.92 Å². The number of carbonyl (C=O) groups is 1. The Morgan fingerprint density at radius 2 is 1.83 bits per heavy atom. The minimum atomic E-state index is -4.47. The summed E-state index contributed by atoms with van der Waals surface area (Å²) in [4.78, 5) is 18.3. The second-order valence-corrected chi connectivity index (χ2v) is 7.62. The van der Waals surface area contributed by atoms with E-state index >= 15 is 0 Å². The maximum absolute atomic E-state index is 12.7. The number of pyridine rings is 1. The Bertz CT molecular complexity index is 819. The predicted molar refractivity (Wildman–Crippen MR) is 104 cm³/mol. The van der Waals surface area contributed by atoms with Crippen LogP contribution in [-0.2, 0) is 24.1 Å². The van der Waals surface area contributed by atoms with E-state index in [9.17, 15) is 18.0 Å². The summed E-state index contributed by atoms with van der Waals surface area (Å²) in [6, 6.07) is 10.4. The molecule has 8 heteroatoms. The van der Waals surface area contributed by atoms with E-state index in [0.29, 0.717) is 25.2 Å². The summed E-state index contributed by atoms with van der Waals surface area (Å²) in [6.07, 6.45) is -3.24. The molecule has 5 nitrogen and oxygen atoms in total. The van der Waals surface area contributed by atoms with Crippen LogP contribution in [0.4, 0.5) is 13.2 Å². The molecule has 0 spiro atoms. The number of hydrogen-bond donors (Lipinski definition) is 2. The zero-order chi connectivity index (χ0) is 21.0. The van der Waals surface area contributed by atoms with Crippen LogP contribution in [0.25, 0.3) is 0 Å². The number of benzene rings is 1. The Morgan fingerprint density at radius 1 is 1.14 bits per heavy atom. The second kappa shape index (κ2) is 8.92. The average Bonchev–Trinajstić information content (AvgIpc) is 3.16. The summed E-state index contributed by atoms with van der Waals surface area (Å²) in [5.74, 6) is -0.661. The lowest BCUT2D eigenvalue weighted by atomic mass is 9.89. The van der Waals surface area contributed by atoms with Crippen LogP contribution in [-0.4, -0.2) is 43.0 Å². The predicted octanol–water partition coefficient (Wildman–Crippen LogP) is 2.78. The van der Waals surface area contributed by atoms with Gasteiger partial charge in [0.25, 0.3) is 0 Å². The number of rotatable bonds is 6. The van der Waals surface area contributed by atoms with E-state index in [1.807, 2.05) is 38.4 Å². The average molecular weight is 406 g/mol. The Hall–Kier alpha value is -2.45. The molecule has 29 heavy (non-hydrogen) atoms. The number of halogens is 3. The number of hydrogen-bond acceptors (Lipinski definition) is 4. The third kappa shape index (κ3) is 5.55. The van der Waals surface area contributed by atoms with Gasteiger partial charge in [-0.05, 0) is 36.9 Å². The summed E-state index contributed by atoms with van der Waals surface area (Å²) in [5, 5.41) is 6.10. The smallest absolute Gasteiger partial charge is 0.352 e. The molecule has 1 aliphatic heterocycles. The lowest BCUT2D eigenvalue weighted by Gasteiger charge is -2.19. The van der Waals surface area contributed by atoms with E-state index in [4.69, 9.17) is 0 Å². The molecule has 1 aromatic heterocycles. The van der Waals surface area contributed by atoms with E-state index in [-0.39, 0.29) is 17.7 Å². The van der Waals surface area contributed by atoms with Crippen LogP contribution in [0.3, 0.4) is 0 Å². The van der Waals surface area contributed by atoms with Crippen molar-refractivity contribution >= 4 is 5.91 Å². The molecule has 2 N–H and O–H groups in total. The highest BCUT2D eigenvalue weighted by atomic mass is 19.4. The first-order valence-corrected chi connectivity index (χ1v) is 9.48.